The Kier molecular flexibility index (Phi) is 4.21. The number of rotatable bonds is 1. The monoisotopic (exact) mass is 371 g/mol. The van der Waals surface area contributed by atoms with Gasteiger partial charge in [0.15, 0.2) is 6.17 Å². The SMILES string of the molecule is F[C@H]1CCCO[C@@]12CN=C(c1cc(C(F)(F)F)cc(C(F)(F)F)c1)O2. The Hall–Kier alpha value is -1.84. The maximum absolute atomic E-state index is 14.1. The predicted octanol–water partition coefficient (Wildman–Crippen LogP) is 4.35. The summed E-state index contributed by atoms with van der Waals surface area (Å²) in [6.45, 7) is -0.166. The van der Waals surface area contributed by atoms with Gasteiger partial charge in [0.1, 0.15) is 6.54 Å². The molecule has 3 nitrogen and oxygen atoms in total. The van der Waals surface area contributed by atoms with Crippen LogP contribution in [0.5, 0.6) is 0 Å². The third-order valence-corrected chi connectivity index (χ3v) is 3.97. The standard InChI is InChI=1S/C15H12F7NO2/c16-11-2-1-3-24-13(11)7-23-12(25-13)8-4-9(14(17,18)19)6-10(5-8)15(20,21)22/h4-6,11H,1-3,7H2/t11-,13+/m0/s1. The van der Waals surface area contributed by atoms with Crippen molar-refractivity contribution in [3.8, 4) is 0 Å². The van der Waals surface area contributed by atoms with Gasteiger partial charge in [0.2, 0.25) is 5.90 Å². The summed E-state index contributed by atoms with van der Waals surface area (Å²) in [4.78, 5) is 3.77. The van der Waals surface area contributed by atoms with Crippen molar-refractivity contribution < 1.29 is 40.2 Å². The highest BCUT2D eigenvalue weighted by atomic mass is 19.4. The van der Waals surface area contributed by atoms with E-state index in [1.165, 1.54) is 0 Å². The summed E-state index contributed by atoms with van der Waals surface area (Å²) >= 11 is 0. The van der Waals surface area contributed by atoms with Gasteiger partial charge in [-0.1, -0.05) is 0 Å². The maximum atomic E-state index is 14.1. The lowest BCUT2D eigenvalue weighted by Crippen LogP contribution is -2.49. The van der Waals surface area contributed by atoms with Crippen molar-refractivity contribution in [2.75, 3.05) is 13.2 Å². The van der Waals surface area contributed by atoms with E-state index in [1.807, 2.05) is 0 Å². The average Bonchev–Trinajstić information content (AvgIpc) is 2.93. The van der Waals surface area contributed by atoms with Crippen LogP contribution in [0.1, 0.15) is 29.5 Å². The molecular weight excluding hydrogens is 359 g/mol. The summed E-state index contributed by atoms with van der Waals surface area (Å²) in [5.41, 5.74) is -3.52. The molecule has 1 fully saturated rings. The van der Waals surface area contributed by atoms with Crippen LogP contribution >= 0.6 is 0 Å². The Morgan fingerprint density at radius 2 is 1.60 bits per heavy atom. The quantitative estimate of drug-likeness (QED) is 0.688. The van der Waals surface area contributed by atoms with Crippen molar-refractivity contribution in [2.45, 2.75) is 37.2 Å². The van der Waals surface area contributed by atoms with Crippen molar-refractivity contribution in [2.24, 2.45) is 4.99 Å². The molecule has 0 saturated carbocycles. The number of ether oxygens (including phenoxy) is 2. The fourth-order valence-corrected chi connectivity index (χ4v) is 2.69. The summed E-state index contributed by atoms with van der Waals surface area (Å²) in [6.07, 6.45) is -11.0. The zero-order valence-corrected chi connectivity index (χ0v) is 12.5. The Morgan fingerprint density at radius 3 is 2.12 bits per heavy atom. The molecule has 1 aromatic carbocycles. The summed E-state index contributed by atoms with van der Waals surface area (Å²) < 4.78 is 102. The largest absolute Gasteiger partial charge is 0.440 e. The molecular formula is C15H12F7NO2. The molecule has 0 unspecified atom stereocenters. The first-order valence-electron chi connectivity index (χ1n) is 7.33. The molecule has 10 heteroatoms. The van der Waals surface area contributed by atoms with Crippen LogP contribution < -0.4 is 0 Å². The molecule has 2 aliphatic heterocycles. The van der Waals surface area contributed by atoms with Crippen LogP contribution in [0, 0.1) is 0 Å². The lowest BCUT2D eigenvalue weighted by Gasteiger charge is -2.35. The van der Waals surface area contributed by atoms with Gasteiger partial charge < -0.3 is 9.47 Å². The van der Waals surface area contributed by atoms with Crippen LogP contribution in [0.4, 0.5) is 30.7 Å². The lowest BCUT2D eigenvalue weighted by atomic mass is 10.0. The lowest BCUT2D eigenvalue weighted by molar-refractivity contribution is -0.232. The summed E-state index contributed by atoms with van der Waals surface area (Å²) in [7, 11) is 0. The highest BCUT2D eigenvalue weighted by Crippen LogP contribution is 2.39. The van der Waals surface area contributed by atoms with E-state index in [-0.39, 0.29) is 25.6 Å². The van der Waals surface area contributed by atoms with Gasteiger partial charge in [-0.3, -0.25) is 0 Å². The first-order chi connectivity index (χ1) is 11.5. The molecule has 1 saturated heterocycles. The summed E-state index contributed by atoms with van der Waals surface area (Å²) in [5, 5.41) is 0. The number of nitrogens with zero attached hydrogens (tertiary/aromatic N) is 1. The normalized spacial score (nSPS) is 27.3. The van der Waals surface area contributed by atoms with E-state index in [0.717, 1.165) is 0 Å². The predicted molar refractivity (Wildman–Crippen MR) is 71.7 cm³/mol. The third-order valence-electron chi connectivity index (χ3n) is 3.97. The molecule has 0 aromatic heterocycles. The van der Waals surface area contributed by atoms with Crippen LogP contribution in [-0.2, 0) is 21.8 Å². The molecule has 0 N–H and O–H groups in total. The Labute approximate surface area is 137 Å². The van der Waals surface area contributed by atoms with Crippen molar-refractivity contribution in [1.29, 1.82) is 0 Å². The molecule has 1 spiro atoms. The van der Waals surface area contributed by atoms with E-state index in [2.05, 4.69) is 4.99 Å². The fraction of sp³-hybridized carbons (Fsp3) is 0.533. The van der Waals surface area contributed by atoms with Gasteiger partial charge in [-0.15, -0.1) is 0 Å². The zero-order valence-electron chi connectivity index (χ0n) is 12.5. The van der Waals surface area contributed by atoms with Crippen LogP contribution in [-0.4, -0.2) is 31.0 Å². The Bertz CT molecular complexity index is 666. The summed E-state index contributed by atoms with van der Waals surface area (Å²) in [6, 6.07) is 0.982. The van der Waals surface area contributed by atoms with Gasteiger partial charge in [0, 0.05) is 5.56 Å². The fourth-order valence-electron chi connectivity index (χ4n) is 2.69. The molecule has 0 aliphatic carbocycles. The van der Waals surface area contributed by atoms with Gasteiger partial charge in [-0.2, -0.15) is 26.3 Å². The molecule has 0 bridgehead atoms. The number of benzene rings is 1. The number of alkyl halides is 7. The zero-order chi connectivity index (χ0) is 18.5. The second-order valence-electron chi connectivity index (χ2n) is 5.79. The topological polar surface area (TPSA) is 30.8 Å². The average molecular weight is 371 g/mol. The van der Waals surface area contributed by atoms with Crippen molar-refractivity contribution in [3.05, 3.63) is 34.9 Å². The van der Waals surface area contributed by atoms with Crippen LogP contribution in [0.3, 0.4) is 0 Å². The molecule has 1 aromatic rings. The van der Waals surface area contributed by atoms with E-state index in [9.17, 15) is 30.7 Å². The number of hydrogen-bond acceptors (Lipinski definition) is 3. The molecule has 0 radical (unpaired) electrons. The Balaban J connectivity index is 1.97. The molecule has 0 amide bonds. The number of hydrogen-bond donors (Lipinski definition) is 0. The van der Waals surface area contributed by atoms with Crippen LogP contribution in [0.25, 0.3) is 0 Å². The molecule has 138 valence electrons. The van der Waals surface area contributed by atoms with Gasteiger partial charge in [0.25, 0.3) is 5.79 Å². The molecule has 2 aliphatic rings. The van der Waals surface area contributed by atoms with E-state index >= 15 is 0 Å². The van der Waals surface area contributed by atoms with Gasteiger partial charge in [-0.05, 0) is 31.0 Å². The van der Waals surface area contributed by atoms with E-state index in [1.54, 1.807) is 0 Å². The highest BCUT2D eigenvalue weighted by Gasteiger charge is 2.50. The maximum Gasteiger partial charge on any atom is 0.416 e. The summed E-state index contributed by atoms with van der Waals surface area (Å²) in [5.74, 6) is -2.28. The van der Waals surface area contributed by atoms with Gasteiger partial charge in [0.05, 0.1) is 17.7 Å². The van der Waals surface area contributed by atoms with Crippen molar-refractivity contribution in [3.63, 3.8) is 0 Å². The molecule has 2 atom stereocenters. The minimum Gasteiger partial charge on any atom is -0.440 e. The molecule has 3 rings (SSSR count). The highest BCUT2D eigenvalue weighted by molar-refractivity contribution is 5.96. The molecule has 25 heavy (non-hydrogen) atoms. The first-order valence-corrected chi connectivity index (χ1v) is 7.33. The smallest absolute Gasteiger partial charge is 0.416 e. The van der Waals surface area contributed by atoms with Gasteiger partial charge >= 0.3 is 12.4 Å². The third kappa shape index (κ3) is 3.44. The second kappa shape index (κ2) is 5.86. The van der Waals surface area contributed by atoms with Crippen LogP contribution in [0.15, 0.2) is 23.2 Å². The van der Waals surface area contributed by atoms with Crippen molar-refractivity contribution in [1.82, 2.24) is 0 Å². The van der Waals surface area contributed by atoms with Crippen molar-refractivity contribution >= 4 is 5.90 Å². The van der Waals surface area contributed by atoms with E-state index in [0.29, 0.717) is 18.6 Å². The second-order valence-corrected chi connectivity index (χ2v) is 5.79. The number of aliphatic imine (C=N–C) groups is 1. The minimum atomic E-state index is -4.99. The van der Waals surface area contributed by atoms with E-state index in [4.69, 9.17) is 9.47 Å². The minimum absolute atomic E-state index is 0.00382. The molecule has 2 heterocycles. The number of halogens is 7. The first kappa shape index (κ1) is 18.0. The van der Waals surface area contributed by atoms with Crippen LogP contribution in [0.2, 0.25) is 0 Å². The Morgan fingerprint density at radius 1 is 1.00 bits per heavy atom. The van der Waals surface area contributed by atoms with Gasteiger partial charge in [-0.25, -0.2) is 9.38 Å². The van der Waals surface area contributed by atoms with E-state index < -0.39 is 46.9 Å².